The Kier molecular flexibility index (Phi) is 4.42. The summed E-state index contributed by atoms with van der Waals surface area (Å²) in [6.45, 7) is 0. The number of aromatic nitrogens is 2. The van der Waals surface area contributed by atoms with E-state index in [2.05, 4.69) is 41.8 Å². The zero-order valence-corrected chi connectivity index (χ0v) is 17.0. The van der Waals surface area contributed by atoms with Crippen LogP contribution in [0.2, 0.25) is 0 Å². The van der Waals surface area contributed by atoms with Crippen molar-refractivity contribution in [2.24, 2.45) is 0 Å². The van der Waals surface area contributed by atoms with Gasteiger partial charge in [-0.15, -0.1) is 0 Å². The van der Waals surface area contributed by atoms with Crippen LogP contribution in [0.25, 0.3) is 21.8 Å². The third kappa shape index (κ3) is 2.98. The van der Waals surface area contributed by atoms with Gasteiger partial charge in [-0.05, 0) is 40.2 Å². The molecular weight excluding hydrogens is 484 g/mol. The molecule has 8 heteroatoms. The lowest BCUT2D eigenvalue weighted by atomic mass is 10.2. The first kappa shape index (κ1) is 17.4. The molecule has 0 atom stereocenters. The first-order chi connectivity index (χ1) is 12.5. The summed E-state index contributed by atoms with van der Waals surface area (Å²) in [7, 11) is -4.11. The highest BCUT2D eigenvalue weighted by Crippen LogP contribution is 2.39. The second-order valence-electron chi connectivity index (χ2n) is 5.44. The lowest BCUT2D eigenvalue weighted by Gasteiger charge is -2.13. The van der Waals surface area contributed by atoms with Gasteiger partial charge in [-0.2, -0.15) is 8.42 Å². The monoisotopic (exact) mass is 492 g/mol. The van der Waals surface area contributed by atoms with Gasteiger partial charge >= 0.3 is 10.1 Å². The Morgan fingerprint density at radius 1 is 0.846 bits per heavy atom. The third-order valence-electron chi connectivity index (χ3n) is 3.81. The van der Waals surface area contributed by atoms with Gasteiger partial charge in [0.1, 0.15) is 10.4 Å². The molecule has 0 saturated heterocycles. The predicted octanol–water partition coefficient (Wildman–Crippen LogP) is 5.08. The van der Waals surface area contributed by atoms with Crippen molar-refractivity contribution in [1.29, 1.82) is 0 Å². The van der Waals surface area contributed by atoms with Crippen LogP contribution in [0.3, 0.4) is 0 Å². The van der Waals surface area contributed by atoms with Crippen molar-refractivity contribution in [3.05, 3.63) is 69.9 Å². The van der Waals surface area contributed by atoms with E-state index in [-0.39, 0.29) is 10.6 Å². The first-order valence-electron chi connectivity index (χ1n) is 7.48. The van der Waals surface area contributed by atoms with Crippen molar-refractivity contribution >= 4 is 63.8 Å². The van der Waals surface area contributed by atoms with Gasteiger partial charge in [-0.3, -0.25) is 9.97 Å². The topological polar surface area (TPSA) is 69.2 Å². The van der Waals surface area contributed by atoms with Crippen molar-refractivity contribution in [3.63, 3.8) is 0 Å². The molecule has 2 aromatic carbocycles. The summed E-state index contributed by atoms with van der Waals surface area (Å²) in [5.74, 6) is 0.136. The van der Waals surface area contributed by atoms with E-state index in [9.17, 15) is 8.42 Å². The van der Waals surface area contributed by atoms with Gasteiger partial charge < -0.3 is 4.18 Å². The summed E-state index contributed by atoms with van der Waals surface area (Å²) in [6.07, 6.45) is 3.13. The lowest BCUT2D eigenvalue weighted by molar-refractivity contribution is 0.487. The molecule has 26 heavy (non-hydrogen) atoms. The molecule has 0 unspecified atom stereocenters. The fourth-order valence-corrected chi connectivity index (χ4v) is 5.25. The number of nitrogens with zero attached hydrogens (tertiary/aromatic N) is 2. The number of hydrogen-bond acceptors (Lipinski definition) is 5. The van der Waals surface area contributed by atoms with E-state index in [0.29, 0.717) is 15.5 Å². The molecule has 0 spiro atoms. The molecule has 0 aliphatic rings. The van der Waals surface area contributed by atoms with Crippen LogP contribution in [0.4, 0.5) is 0 Å². The van der Waals surface area contributed by atoms with E-state index in [1.807, 2.05) is 6.07 Å². The molecule has 0 aliphatic carbocycles. The number of hydrogen-bond donors (Lipinski definition) is 0. The largest absolute Gasteiger partial charge is 0.375 e. The van der Waals surface area contributed by atoms with Crippen molar-refractivity contribution in [2.45, 2.75) is 4.90 Å². The average molecular weight is 494 g/mol. The molecule has 2 heterocycles. The number of fused-ring (bicyclic) bond motifs is 2. The Labute approximate surface area is 166 Å². The molecule has 130 valence electrons. The van der Waals surface area contributed by atoms with Crippen LogP contribution in [0.5, 0.6) is 5.75 Å². The Morgan fingerprint density at radius 3 is 2.35 bits per heavy atom. The van der Waals surface area contributed by atoms with Crippen molar-refractivity contribution in [2.75, 3.05) is 0 Å². The van der Waals surface area contributed by atoms with Gasteiger partial charge in [0.15, 0.2) is 5.75 Å². The van der Waals surface area contributed by atoms with Gasteiger partial charge in [0, 0.05) is 27.6 Å². The van der Waals surface area contributed by atoms with E-state index < -0.39 is 10.1 Å². The van der Waals surface area contributed by atoms with Crippen LogP contribution in [-0.2, 0) is 10.1 Å². The van der Waals surface area contributed by atoms with E-state index in [0.717, 1.165) is 15.2 Å². The van der Waals surface area contributed by atoms with Gasteiger partial charge in [0.2, 0.25) is 0 Å². The molecular formula is C18H10Br2N2O3S. The zero-order valence-electron chi connectivity index (χ0n) is 13.1. The maximum atomic E-state index is 13.0. The van der Waals surface area contributed by atoms with Crippen LogP contribution in [0.15, 0.2) is 74.8 Å². The van der Waals surface area contributed by atoms with Crippen molar-refractivity contribution < 1.29 is 12.6 Å². The molecule has 4 rings (SSSR count). The predicted molar refractivity (Wildman–Crippen MR) is 107 cm³/mol. The highest BCUT2D eigenvalue weighted by atomic mass is 79.9. The molecule has 0 fully saturated rings. The molecule has 0 aliphatic heterocycles. The Morgan fingerprint density at radius 2 is 1.54 bits per heavy atom. The number of benzene rings is 2. The summed E-state index contributed by atoms with van der Waals surface area (Å²) >= 11 is 6.82. The van der Waals surface area contributed by atoms with E-state index in [4.69, 9.17) is 4.18 Å². The van der Waals surface area contributed by atoms with Gasteiger partial charge in [-0.1, -0.05) is 40.2 Å². The Bertz CT molecular complexity index is 1250. The van der Waals surface area contributed by atoms with Crippen LogP contribution in [0.1, 0.15) is 0 Å². The Balaban J connectivity index is 1.91. The fraction of sp³-hybridized carbons (Fsp3) is 0. The zero-order chi connectivity index (χ0) is 18.3. The molecule has 2 aromatic heterocycles. The van der Waals surface area contributed by atoms with E-state index >= 15 is 0 Å². The molecule has 0 bridgehead atoms. The highest BCUT2D eigenvalue weighted by Gasteiger charge is 2.24. The maximum absolute atomic E-state index is 13.0. The van der Waals surface area contributed by atoms with Crippen LogP contribution in [-0.4, -0.2) is 18.4 Å². The normalized spacial score (nSPS) is 11.8. The summed E-state index contributed by atoms with van der Waals surface area (Å²) in [5, 5.41) is 1.46. The second-order valence-corrected chi connectivity index (χ2v) is 8.66. The van der Waals surface area contributed by atoms with Crippen molar-refractivity contribution in [1.82, 2.24) is 9.97 Å². The highest BCUT2D eigenvalue weighted by molar-refractivity contribution is 9.11. The number of rotatable bonds is 3. The fourth-order valence-electron chi connectivity index (χ4n) is 2.66. The van der Waals surface area contributed by atoms with Gasteiger partial charge in [-0.25, -0.2) is 0 Å². The van der Waals surface area contributed by atoms with E-state index in [1.165, 1.54) is 6.07 Å². The quantitative estimate of drug-likeness (QED) is 0.372. The molecule has 5 nitrogen and oxygen atoms in total. The number of halogens is 2. The molecule has 0 amide bonds. The average Bonchev–Trinajstić information content (AvgIpc) is 2.64. The summed E-state index contributed by atoms with van der Waals surface area (Å²) in [4.78, 5) is 8.48. The lowest BCUT2D eigenvalue weighted by Crippen LogP contribution is -2.11. The minimum absolute atomic E-state index is 0.00880. The number of pyridine rings is 2. The smallest absolute Gasteiger partial charge is 0.341 e. The minimum atomic E-state index is -4.11. The summed E-state index contributed by atoms with van der Waals surface area (Å²) < 4.78 is 32.7. The first-order valence-corrected chi connectivity index (χ1v) is 10.5. The molecule has 0 radical (unpaired) electrons. The minimum Gasteiger partial charge on any atom is -0.375 e. The third-order valence-corrected chi connectivity index (χ3v) is 6.31. The SMILES string of the molecule is O=S(=O)(Oc1c(Br)cc(Br)c2cccnc12)c1cccc2cccnc12. The molecule has 4 aromatic rings. The van der Waals surface area contributed by atoms with Crippen LogP contribution < -0.4 is 4.18 Å². The van der Waals surface area contributed by atoms with Gasteiger partial charge in [0.25, 0.3) is 0 Å². The molecule has 0 N–H and O–H groups in total. The van der Waals surface area contributed by atoms with Crippen LogP contribution >= 0.6 is 31.9 Å². The van der Waals surface area contributed by atoms with Crippen LogP contribution in [0, 0.1) is 0 Å². The summed E-state index contributed by atoms with van der Waals surface area (Å²) in [5.41, 5.74) is 0.797. The Hall–Kier alpha value is -2.03. The maximum Gasteiger partial charge on any atom is 0.341 e. The van der Waals surface area contributed by atoms with Crippen molar-refractivity contribution in [3.8, 4) is 5.75 Å². The molecule has 0 saturated carbocycles. The second kappa shape index (κ2) is 6.61. The number of para-hydroxylation sites is 1. The standard InChI is InChI=1S/C18H10Br2N2O3S/c19-13-10-14(20)18(17-12(13)6-3-9-22-17)25-26(23,24)15-7-1-4-11-5-2-8-21-16(11)15/h1-10H. The van der Waals surface area contributed by atoms with E-state index in [1.54, 1.807) is 48.8 Å². The summed E-state index contributed by atoms with van der Waals surface area (Å²) in [6, 6.07) is 13.8. The van der Waals surface area contributed by atoms with Gasteiger partial charge in [0.05, 0.1) is 9.99 Å².